The summed E-state index contributed by atoms with van der Waals surface area (Å²) in [5.41, 5.74) is 0.742. The third-order valence-electron chi connectivity index (χ3n) is 9.37. The van der Waals surface area contributed by atoms with Gasteiger partial charge in [0.1, 0.15) is 0 Å². The summed E-state index contributed by atoms with van der Waals surface area (Å²) in [6, 6.07) is 8.68. The van der Waals surface area contributed by atoms with E-state index in [0.717, 1.165) is 22.6 Å². The fourth-order valence-corrected chi connectivity index (χ4v) is 6.99. The molecule has 10 nitrogen and oxygen atoms in total. The Morgan fingerprint density at radius 2 is 1.52 bits per heavy atom. The van der Waals surface area contributed by atoms with Crippen LogP contribution in [0.4, 0.5) is 22.8 Å². The van der Waals surface area contributed by atoms with Gasteiger partial charge in [-0.15, -0.1) is 0 Å². The lowest BCUT2D eigenvalue weighted by Crippen LogP contribution is -2.58. The van der Waals surface area contributed by atoms with E-state index in [9.17, 15) is 27.6 Å². The molecular formula is C33H39F3N4O6. The van der Waals surface area contributed by atoms with Gasteiger partial charge in [-0.1, -0.05) is 30.3 Å². The van der Waals surface area contributed by atoms with Crippen molar-refractivity contribution in [3.05, 3.63) is 82.3 Å². The van der Waals surface area contributed by atoms with Crippen molar-refractivity contribution < 1.29 is 41.8 Å². The number of carbonyl (C=O) groups excluding carboxylic acids is 3. The third kappa shape index (κ3) is 6.36. The van der Waals surface area contributed by atoms with Crippen molar-refractivity contribution in [1.29, 1.82) is 0 Å². The summed E-state index contributed by atoms with van der Waals surface area (Å²) in [6.07, 6.45) is 2.44. The Hall–Kier alpha value is -3.94. The van der Waals surface area contributed by atoms with Gasteiger partial charge in [-0.25, -0.2) is 27.7 Å². The van der Waals surface area contributed by atoms with Gasteiger partial charge < -0.3 is 29.3 Å². The molecule has 2 aromatic rings. The summed E-state index contributed by atoms with van der Waals surface area (Å²) < 4.78 is 58.6. The summed E-state index contributed by atoms with van der Waals surface area (Å²) in [5.74, 6) is -4.78. The molecule has 0 bridgehead atoms. The Balaban J connectivity index is 1.33. The normalized spacial score (nSPS) is 20.9. The van der Waals surface area contributed by atoms with Crippen LogP contribution >= 0.6 is 0 Å². The Morgan fingerprint density at radius 3 is 2.09 bits per heavy atom. The first-order valence-corrected chi connectivity index (χ1v) is 15.3. The fraction of sp³-hybridized carbons (Fsp3) is 0.485. The monoisotopic (exact) mass is 644 g/mol. The number of imide groups is 1. The maximum absolute atomic E-state index is 14.4. The van der Waals surface area contributed by atoms with Crippen LogP contribution in [0.2, 0.25) is 0 Å². The molecule has 0 saturated carbocycles. The van der Waals surface area contributed by atoms with Gasteiger partial charge in [0.25, 0.3) is 0 Å². The highest BCUT2D eigenvalue weighted by Crippen LogP contribution is 2.39. The number of nitrogens with zero attached hydrogens (tertiary/aromatic N) is 3. The zero-order chi connectivity index (χ0) is 33.0. The Bertz CT molecular complexity index is 1450. The Labute approximate surface area is 266 Å². The summed E-state index contributed by atoms with van der Waals surface area (Å²) in [7, 11) is 4.23. The van der Waals surface area contributed by atoms with Crippen molar-refractivity contribution in [3.63, 3.8) is 0 Å². The van der Waals surface area contributed by atoms with Crippen molar-refractivity contribution in [2.75, 3.05) is 60.7 Å². The number of amides is 4. The zero-order valence-electron chi connectivity index (χ0n) is 26.2. The van der Waals surface area contributed by atoms with E-state index in [2.05, 4.69) is 10.2 Å². The Kier molecular flexibility index (Phi) is 10.3. The number of carbonyl (C=O) groups is 3. The van der Waals surface area contributed by atoms with Crippen LogP contribution in [0.3, 0.4) is 0 Å². The predicted molar refractivity (Wildman–Crippen MR) is 161 cm³/mol. The number of piperidine rings is 2. The van der Waals surface area contributed by atoms with Gasteiger partial charge in [-0.05, 0) is 62.0 Å². The number of likely N-dealkylation sites (tertiary alicyclic amines) is 2. The standard InChI is InChI=1S/C33H39F3N4O6/c1-44-19-24-27(20-45-2)37-31(42)40(29(24)21-17-25(34)28(36)26(35)18-21)32(43)39-13-9-23(10-14-39)38-15-11-33(12-16-38,30(41)46-3)22-7-5-4-6-8-22/h4-8,17-18,23,29H,9-16,19-20H2,1-3H3,(H,37,42). The molecule has 0 aromatic heterocycles. The molecule has 4 amide bonds. The van der Waals surface area contributed by atoms with Crippen LogP contribution in [0.5, 0.6) is 0 Å². The second kappa shape index (κ2) is 14.2. The van der Waals surface area contributed by atoms with Gasteiger partial charge in [0.05, 0.1) is 31.8 Å². The number of nitrogens with one attached hydrogen (secondary N) is 1. The van der Waals surface area contributed by atoms with Gasteiger partial charge in [0.15, 0.2) is 17.5 Å². The van der Waals surface area contributed by atoms with E-state index in [0.29, 0.717) is 57.4 Å². The summed E-state index contributed by atoms with van der Waals surface area (Å²) in [5, 5.41) is 2.66. The maximum Gasteiger partial charge on any atom is 0.330 e. The maximum atomic E-state index is 14.4. The number of benzene rings is 2. The summed E-state index contributed by atoms with van der Waals surface area (Å²) in [4.78, 5) is 45.2. The molecule has 3 aliphatic heterocycles. The van der Waals surface area contributed by atoms with Crippen LogP contribution in [0.25, 0.3) is 0 Å². The largest absolute Gasteiger partial charge is 0.468 e. The number of rotatable bonds is 8. The highest BCUT2D eigenvalue weighted by Gasteiger charge is 2.46. The minimum atomic E-state index is -1.65. The summed E-state index contributed by atoms with van der Waals surface area (Å²) in [6.45, 7) is 1.86. The average Bonchev–Trinajstić information content (AvgIpc) is 3.08. The molecule has 1 N–H and O–H groups in total. The molecule has 2 aromatic carbocycles. The highest BCUT2D eigenvalue weighted by molar-refractivity contribution is 5.96. The number of methoxy groups -OCH3 is 3. The third-order valence-corrected chi connectivity index (χ3v) is 9.37. The number of halogens is 3. The van der Waals surface area contributed by atoms with Crippen LogP contribution in [0, 0.1) is 17.5 Å². The zero-order valence-corrected chi connectivity index (χ0v) is 26.2. The average molecular weight is 645 g/mol. The molecule has 13 heteroatoms. The molecule has 248 valence electrons. The molecule has 0 spiro atoms. The van der Waals surface area contributed by atoms with E-state index in [4.69, 9.17) is 14.2 Å². The van der Waals surface area contributed by atoms with Crippen molar-refractivity contribution in [3.8, 4) is 0 Å². The van der Waals surface area contributed by atoms with E-state index in [1.165, 1.54) is 26.2 Å². The molecule has 5 rings (SSSR count). The van der Waals surface area contributed by atoms with Crippen LogP contribution in [-0.2, 0) is 24.4 Å². The number of ether oxygens (including phenoxy) is 3. The SMILES string of the molecule is COCC1=C(COC)C(c2cc(F)c(F)c(F)c2)N(C(=O)N2CCC(N3CCC(C(=O)OC)(c4ccccc4)CC3)CC2)C(=O)N1. The van der Waals surface area contributed by atoms with Crippen molar-refractivity contribution in [2.24, 2.45) is 0 Å². The van der Waals surface area contributed by atoms with Crippen LogP contribution in [-0.4, -0.2) is 99.5 Å². The van der Waals surface area contributed by atoms with E-state index in [1.807, 2.05) is 30.3 Å². The van der Waals surface area contributed by atoms with Crippen molar-refractivity contribution in [2.45, 2.75) is 43.2 Å². The van der Waals surface area contributed by atoms with Crippen LogP contribution in [0.1, 0.15) is 42.9 Å². The number of hydrogen-bond donors (Lipinski definition) is 1. The molecule has 3 heterocycles. The molecule has 2 fully saturated rings. The first kappa shape index (κ1) is 33.4. The van der Waals surface area contributed by atoms with Crippen LogP contribution < -0.4 is 5.32 Å². The van der Waals surface area contributed by atoms with E-state index in [1.54, 1.807) is 0 Å². The van der Waals surface area contributed by atoms with Crippen molar-refractivity contribution >= 4 is 18.0 Å². The lowest BCUT2D eigenvalue weighted by atomic mass is 9.72. The van der Waals surface area contributed by atoms with Gasteiger partial charge in [-0.2, -0.15) is 0 Å². The van der Waals surface area contributed by atoms with E-state index >= 15 is 0 Å². The molecule has 1 atom stereocenters. The molecule has 1 unspecified atom stereocenters. The van der Waals surface area contributed by atoms with E-state index in [-0.39, 0.29) is 36.5 Å². The minimum Gasteiger partial charge on any atom is -0.468 e. The minimum absolute atomic E-state index is 0.0577. The predicted octanol–water partition coefficient (Wildman–Crippen LogP) is 4.51. The molecule has 2 saturated heterocycles. The Morgan fingerprint density at radius 1 is 0.913 bits per heavy atom. The molecule has 0 radical (unpaired) electrons. The highest BCUT2D eigenvalue weighted by atomic mass is 19.2. The van der Waals surface area contributed by atoms with Gasteiger partial charge in [0.2, 0.25) is 0 Å². The molecule has 46 heavy (non-hydrogen) atoms. The fourth-order valence-electron chi connectivity index (χ4n) is 6.99. The lowest BCUT2D eigenvalue weighted by molar-refractivity contribution is -0.150. The number of esters is 1. The quantitative estimate of drug-likeness (QED) is 0.334. The second-order valence-corrected chi connectivity index (χ2v) is 11.8. The molecular weight excluding hydrogens is 605 g/mol. The molecule has 0 aliphatic carbocycles. The van der Waals surface area contributed by atoms with Crippen molar-refractivity contribution in [1.82, 2.24) is 20.0 Å². The van der Waals surface area contributed by atoms with Gasteiger partial charge in [-0.3, -0.25) is 4.79 Å². The van der Waals surface area contributed by atoms with Gasteiger partial charge in [0, 0.05) is 44.6 Å². The van der Waals surface area contributed by atoms with Gasteiger partial charge >= 0.3 is 18.0 Å². The first-order valence-electron chi connectivity index (χ1n) is 15.3. The van der Waals surface area contributed by atoms with Crippen LogP contribution in [0.15, 0.2) is 53.7 Å². The van der Waals surface area contributed by atoms with E-state index < -0.39 is 41.0 Å². The second-order valence-electron chi connectivity index (χ2n) is 11.8. The molecule has 3 aliphatic rings. The number of hydrogen-bond acceptors (Lipinski definition) is 7. The lowest BCUT2D eigenvalue weighted by Gasteiger charge is -2.46. The first-order chi connectivity index (χ1) is 22.1. The topological polar surface area (TPSA) is 101 Å². The number of urea groups is 2. The smallest absolute Gasteiger partial charge is 0.330 e. The summed E-state index contributed by atoms with van der Waals surface area (Å²) >= 11 is 0.